The minimum Gasteiger partial charge on any atom is -0.370 e. The van der Waals surface area contributed by atoms with Crippen LogP contribution in [-0.2, 0) is 16.1 Å². The number of benzene rings is 1. The van der Waals surface area contributed by atoms with Crippen LogP contribution in [0.4, 0.5) is 4.39 Å². The van der Waals surface area contributed by atoms with E-state index in [2.05, 4.69) is 15.5 Å². The molecule has 3 rings (SSSR count). The molecule has 1 amide bonds. The van der Waals surface area contributed by atoms with Gasteiger partial charge in [-0.15, -0.1) is 10.2 Å². The number of thioether (sulfide) groups is 1. The van der Waals surface area contributed by atoms with Gasteiger partial charge in [0.25, 0.3) is 0 Å². The Bertz CT molecular complexity index is 731. The van der Waals surface area contributed by atoms with Gasteiger partial charge in [0.15, 0.2) is 11.0 Å². The molecule has 140 valence electrons. The third-order valence-electron chi connectivity index (χ3n) is 4.32. The zero-order valence-electron chi connectivity index (χ0n) is 14.7. The second-order valence-corrected chi connectivity index (χ2v) is 6.98. The number of hydrogen-bond donors (Lipinski definition) is 2. The fourth-order valence-electron chi connectivity index (χ4n) is 2.79. The molecule has 2 N–H and O–H groups in total. The number of hydrogen-bond acceptors (Lipinski definition) is 5. The van der Waals surface area contributed by atoms with E-state index in [0.29, 0.717) is 11.0 Å². The van der Waals surface area contributed by atoms with Gasteiger partial charge in [0.05, 0.1) is 32.1 Å². The van der Waals surface area contributed by atoms with E-state index < -0.39 is 0 Å². The number of morpholine rings is 1. The number of carbonyl (C=O) groups excluding carboxylic acids is 1. The molecule has 26 heavy (non-hydrogen) atoms. The number of aromatic nitrogens is 3. The average Bonchev–Trinajstić information content (AvgIpc) is 3.08. The highest BCUT2D eigenvalue weighted by Gasteiger charge is 2.19. The van der Waals surface area contributed by atoms with Gasteiger partial charge in [-0.2, -0.15) is 0 Å². The maximum absolute atomic E-state index is 13.2. The predicted molar refractivity (Wildman–Crippen MR) is 96.6 cm³/mol. The minimum absolute atomic E-state index is 0.0633. The molecule has 0 aliphatic carbocycles. The molecule has 1 aromatic carbocycles. The number of ether oxygens (including phenoxy) is 1. The first-order valence-electron chi connectivity index (χ1n) is 8.61. The number of halogens is 1. The van der Waals surface area contributed by atoms with Crippen molar-refractivity contribution in [3.05, 3.63) is 30.1 Å². The summed E-state index contributed by atoms with van der Waals surface area (Å²) in [5.41, 5.74) is 0.808. The molecule has 2 aromatic rings. The topological polar surface area (TPSA) is 73.5 Å². The molecular formula is C17H23FN5O2S+. The predicted octanol–water partition coefficient (Wildman–Crippen LogP) is -0.163. The van der Waals surface area contributed by atoms with Crippen LogP contribution in [0.2, 0.25) is 0 Å². The van der Waals surface area contributed by atoms with Gasteiger partial charge < -0.3 is 15.0 Å². The van der Waals surface area contributed by atoms with Crippen LogP contribution in [0.1, 0.15) is 0 Å². The first kappa shape index (κ1) is 18.8. The summed E-state index contributed by atoms with van der Waals surface area (Å²) in [7, 11) is 1.61. The van der Waals surface area contributed by atoms with E-state index in [4.69, 9.17) is 4.74 Å². The molecule has 1 aliphatic rings. The number of nitrogens with one attached hydrogen (secondary N) is 2. The molecule has 7 nitrogen and oxygen atoms in total. The number of quaternary nitrogens is 1. The van der Waals surface area contributed by atoms with E-state index in [0.717, 1.165) is 45.0 Å². The van der Waals surface area contributed by atoms with Crippen molar-refractivity contribution in [3.8, 4) is 11.4 Å². The largest absolute Gasteiger partial charge is 0.370 e. The van der Waals surface area contributed by atoms with Crippen molar-refractivity contribution in [2.75, 3.05) is 45.6 Å². The van der Waals surface area contributed by atoms with E-state index in [1.54, 1.807) is 19.2 Å². The van der Waals surface area contributed by atoms with Crippen molar-refractivity contribution >= 4 is 17.7 Å². The smallest absolute Gasteiger partial charge is 0.230 e. The van der Waals surface area contributed by atoms with Crippen LogP contribution in [0.15, 0.2) is 29.4 Å². The van der Waals surface area contributed by atoms with Crippen molar-refractivity contribution in [2.45, 2.75) is 11.7 Å². The van der Waals surface area contributed by atoms with Gasteiger partial charge in [-0.3, -0.25) is 9.36 Å². The number of rotatable bonds is 7. The van der Waals surface area contributed by atoms with E-state index >= 15 is 0 Å². The highest BCUT2D eigenvalue weighted by Crippen LogP contribution is 2.23. The maximum atomic E-state index is 13.2. The minimum atomic E-state index is -0.285. The molecule has 2 heterocycles. The third-order valence-corrected chi connectivity index (χ3v) is 5.29. The van der Waals surface area contributed by atoms with Crippen molar-refractivity contribution in [3.63, 3.8) is 0 Å². The first-order chi connectivity index (χ1) is 12.7. The van der Waals surface area contributed by atoms with E-state index in [1.807, 2.05) is 4.57 Å². The summed E-state index contributed by atoms with van der Waals surface area (Å²) in [6.45, 7) is 5.17. The molecule has 9 heteroatoms. The summed E-state index contributed by atoms with van der Waals surface area (Å²) in [5.74, 6) is 0.623. The average molecular weight is 380 g/mol. The van der Waals surface area contributed by atoms with Gasteiger partial charge >= 0.3 is 0 Å². The Morgan fingerprint density at radius 3 is 2.73 bits per heavy atom. The zero-order chi connectivity index (χ0) is 18.4. The lowest BCUT2D eigenvalue weighted by molar-refractivity contribution is -0.908. The molecule has 0 saturated carbocycles. The highest BCUT2D eigenvalue weighted by atomic mass is 32.2. The Morgan fingerprint density at radius 2 is 2.04 bits per heavy atom. The first-order valence-corrected chi connectivity index (χ1v) is 9.60. The molecule has 1 aliphatic heterocycles. The maximum Gasteiger partial charge on any atom is 0.230 e. The van der Waals surface area contributed by atoms with Crippen LogP contribution in [0, 0.1) is 5.82 Å². The van der Waals surface area contributed by atoms with Crippen molar-refractivity contribution in [1.29, 1.82) is 0 Å². The van der Waals surface area contributed by atoms with Crippen LogP contribution in [0.3, 0.4) is 0 Å². The molecule has 0 spiro atoms. The summed E-state index contributed by atoms with van der Waals surface area (Å²) in [5, 5.41) is 11.8. The lowest BCUT2D eigenvalue weighted by atomic mass is 10.2. The summed E-state index contributed by atoms with van der Waals surface area (Å²) in [4.78, 5) is 13.0. The molecule has 0 bridgehead atoms. The fraction of sp³-hybridized carbons (Fsp3) is 0.471. The van der Waals surface area contributed by atoms with Crippen LogP contribution in [0.25, 0.3) is 11.4 Å². The van der Waals surface area contributed by atoms with Gasteiger partial charge in [-0.25, -0.2) is 4.39 Å². The third kappa shape index (κ3) is 4.80. The molecular weight excluding hydrogens is 357 g/mol. The molecule has 1 saturated heterocycles. The van der Waals surface area contributed by atoms with Crippen LogP contribution in [-0.4, -0.2) is 66.3 Å². The summed E-state index contributed by atoms with van der Waals surface area (Å²) < 4.78 is 20.7. The van der Waals surface area contributed by atoms with Crippen LogP contribution < -0.4 is 10.2 Å². The van der Waals surface area contributed by atoms with E-state index in [1.165, 1.54) is 28.8 Å². The lowest BCUT2D eigenvalue weighted by Gasteiger charge is -2.24. The van der Waals surface area contributed by atoms with E-state index in [-0.39, 0.29) is 17.5 Å². The quantitative estimate of drug-likeness (QED) is 0.653. The van der Waals surface area contributed by atoms with Crippen molar-refractivity contribution in [2.24, 2.45) is 0 Å². The Hall–Kier alpha value is -1.97. The Morgan fingerprint density at radius 1 is 1.31 bits per heavy atom. The standard InChI is InChI=1S/C17H22FN5O2S/c1-19-15(24)12-26-17-21-20-16(13-2-4-14(18)5-3-13)23(17)7-6-22-8-10-25-11-9-22/h2-5H,6-12H2,1H3,(H,19,24)/p+1. The molecule has 0 unspecified atom stereocenters. The second kappa shape index (κ2) is 9.11. The summed E-state index contributed by atoms with van der Waals surface area (Å²) >= 11 is 1.35. The lowest BCUT2D eigenvalue weighted by Crippen LogP contribution is -3.14. The van der Waals surface area contributed by atoms with Gasteiger partial charge in [0.1, 0.15) is 18.9 Å². The number of nitrogens with zero attached hydrogens (tertiary/aromatic N) is 3. The van der Waals surface area contributed by atoms with Gasteiger partial charge in [-0.1, -0.05) is 11.8 Å². The molecule has 0 radical (unpaired) electrons. The van der Waals surface area contributed by atoms with Crippen molar-refractivity contribution in [1.82, 2.24) is 20.1 Å². The van der Waals surface area contributed by atoms with Gasteiger partial charge in [0.2, 0.25) is 5.91 Å². The SMILES string of the molecule is CNC(=O)CSc1nnc(-c2ccc(F)cc2)n1CC[NH+]1CCOCC1. The molecule has 1 aromatic heterocycles. The second-order valence-electron chi connectivity index (χ2n) is 6.04. The Kier molecular flexibility index (Phi) is 6.59. The monoisotopic (exact) mass is 380 g/mol. The fourth-order valence-corrected chi connectivity index (χ4v) is 3.63. The normalized spacial score (nSPS) is 15.2. The Labute approximate surface area is 155 Å². The van der Waals surface area contributed by atoms with Crippen LogP contribution in [0.5, 0.6) is 0 Å². The van der Waals surface area contributed by atoms with Gasteiger partial charge in [0, 0.05) is 12.6 Å². The number of amides is 1. The van der Waals surface area contributed by atoms with Gasteiger partial charge in [-0.05, 0) is 24.3 Å². The number of carbonyl (C=O) groups is 1. The molecule has 1 fully saturated rings. The van der Waals surface area contributed by atoms with E-state index in [9.17, 15) is 9.18 Å². The zero-order valence-corrected chi connectivity index (χ0v) is 15.5. The van der Waals surface area contributed by atoms with Crippen molar-refractivity contribution < 1.29 is 18.8 Å². The molecule has 0 atom stereocenters. The van der Waals surface area contributed by atoms with Crippen LogP contribution >= 0.6 is 11.8 Å². The summed E-state index contributed by atoms with van der Waals surface area (Å²) in [6.07, 6.45) is 0. The Balaban J connectivity index is 1.79. The highest BCUT2D eigenvalue weighted by molar-refractivity contribution is 7.99. The summed E-state index contributed by atoms with van der Waals surface area (Å²) in [6, 6.07) is 6.23.